The monoisotopic (exact) mass is 264 g/mol. The molecule has 4 heteroatoms. The van der Waals surface area contributed by atoms with Crippen molar-refractivity contribution < 1.29 is 9.53 Å². The van der Waals surface area contributed by atoms with Crippen molar-refractivity contribution >= 4 is 6.09 Å². The number of amides is 1. The Balaban J connectivity index is 2.42. The number of carbonyl (C=O) groups excluding carboxylic acids is 1. The molecule has 0 heterocycles. The van der Waals surface area contributed by atoms with Crippen LogP contribution in [0.4, 0.5) is 4.79 Å². The van der Waals surface area contributed by atoms with E-state index in [1.54, 1.807) is 11.9 Å². The number of rotatable bonds is 4. The molecule has 0 unspecified atom stereocenters. The molecule has 1 amide bonds. The highest BCUT2D eigenvalue weighted by molar-refractivity contribution is 5.67. The summed E-state index contributed by atoms with van der Waals surface area (Å²) in [5.41, 5.74) is 6.71. The first kappa shape index (κ1) is 15.5. The number of hydrogen-bond donors (Lipinski definition) is 1. The van der Waals surface area contributed by atoms with Gasteiger partial charge in [-0.15, -0.1) is 0 Å². The van der Waals surface area contributed by atoms with Gasteiger partial charge in [0.15, 0.2) is 0 Å². The molecule has 1 aromatic carbocycles. The highest BCUT2D eigenvalue weighted by Crippen LogP contribution is 2.14. The molecule has 1 aromatic rings. The Morgan fingerprint density at radius 2 is 1.89 bits per heavy atom. The molecule has 1 atom stereocenters. The molecule has 0 bridgehead atoms. The predicted molar refractivity (Wildman–Crippen MR) is 76.9 cm³/mol. The fourth-order valence-corrected chi connectivity index (χ4v) is 1.63. The van der Waals surface area contributed by atoms with Crippen LogP contribution in [0.3, 0.4) is 0 Å². The van der Waals surface area contributed by atoms with Crippen LogP contribution in [0.25, 0.3) is 0 Å². The summed E-state index contributed by atoms with van der Waals surface area (Å²) in [6.45, 7) is 6.14. The average Bonchev–Trinajstić information content (AvgIpc) is 2.34. The van der Waals surface area contributed by atoms with Gasteiger partial charge in [0.25, 0.3) is 0 Å². The van der Waals surface area contributed by atoms with Crippen LogP contribution in [-0.2, 0) is 4.74 Å². The minimum atomic E-state index is -0.465. The molecule has 0 spiro atoms. The quantitative estimate of drug-likeness (QED) is 0.909. The van der Waals surface area contributed by atoms with Crippen LogP contribution >= 0.6 is 0 Å². The summed E-state index contributed by atoms with van der Waals surface area (Å²) in [6.07, 6.45) is 0.396. The lowest BCUT2D eigenvalue weighted by atomic mass is 10.0. The van der Waals surface area contributed by atoms with Crippen molar-refractivity contribution in [2.75, 3.05) is 13.6 Å². The summed E-state index contributed by atoms with van der Waals surface area (Å²) < 4.78 is 5.28. The number of nitrogens with zero attached hydrogens (tertiary/aromatic N) is 1. The van der Waals surface area contributed by atoms with Crippen molar-refractivity contribution in [2.45, 2.75) is 38.8 Å². The van der Waals surface area contributed by atoms with Gasteiger partial charge in [-0.25, -0.2) is 4.79 Å². The van der Waals surface area contributed by atoms with Gasteiger partial charge in [0.05, 0.1) is 0 Å². The topological polar surface area (TPSA) is 55.6 Å². The standard InChI is InChI=1S/C15H24N2O2/c1-15(2,3)19-14(18)17(4)11-10-13(16)12-8-6-5-7-9-12/h5-9,13H,10-11,16H2,1-4H3/t13-/m0/s1. The molecule has 0 aliphatic heterocycles. The number of benzene rings is 1. The highest BCUT2D eigenvalue weighted by Gasteiger charge is 2.19. The summed E-state index contributed by atoms with van der Waals surface area (Å²) >= 11 is 0. The van der Waals surface area contributed by atoms with Crippen LogP contribution in [0.2, 0.25) is 0 Å². The maximum Gasteiger partial charge on any atom is 0.410 e. The molecular formula is C15H24N2O2. The molecule has 4 nitrogen and oxygen atoms in total. The molecule has 0 saturated carbocycles. The summed E-state index contributed by atoms with van der Waals surface area (Å²) in [5.74, 6) is 0. The summed E-state index contributed by atoms with van der Waals surface area (Å²) in [5, 5.41) is 0. The Bertz CT molecular complexity index is 398. The van der Waals surface area contributed by atoms with Crippen LogP contribution in [0.5, 0.6) is 0 Å². The maximum absolute atomic E-state index is 11.8. The summed E-state index contributed by atoms with van der Waals surface area (Å²) in [4.78, 5) is 13.3. The largest absolute Gasteiger partial charge is 0.444 e. The molecule has 2 N–H and O–H groups in total. The van der Waals surface area contributed by atoms with E-state index >= 15 is 0 Å². The van der Waals surface area contributed by atoms with E-state index in [1.807, 2.05) is 51.1 Å². The van der Waals surface area contributed by atoms with Crippen LogP contribution in [0, 0.1) is 0 Å². The SMILES string of the molecule is CN(CC[C@H](N)c1ccccc1)C(=O)OC(C)(C)C. The first-order valence-corrected chi connectivity index (χ1v) is 6.54. The van der Waals surface area contributed by atoms with Gasteiger partial charge in [0, 0.05) is 19.6 Å². The Morgan fingerprint density at radius 1 is 1.32 bits per heavy atom. The molecule has 0 fully saturated rings. The zero-order chi connectivity index (χ0) is 14.5. The number of hydrogen-bond acceptors (Lipinski definition) is 3. The second-order valence-corrected chi connectivity index (χ2v) is 5.71. The van der Waals surface area contributed by atoms with Gasteiger partial charge >= 0.3 is 6.09 Å². The number of ether oxygens (including phenoxy) is 1. The lowest BCUT2D eigenvalue weighted by Crippen LogP contribution is -2.35. The van der Waals surface area contributed by atoms with Crippen LogP contribution < -0.4 is 5.73 Å². The molecule has 0 aliphatic rings. The van der Waals surface area contributed by atoms with Gasteiger partial charge < -0.3 is 15.4 Å². The minimum absolute atomic E-state index is 0.0638. The highest BCUT2D eigenvalue weighted by atomic mass is 16.6. The number of carbonyl (C=O) groups is 1. The first-order valence-electron chi connectivity index (χ1n) is 6.54. The molecule has 0 aliphatic carbocycles. The maximum atomic E-state index is 11.8. The lowest BCUT2D eigenvalue weighted by molar-refractivity contribution is 0.0294. The van der Waals surface area contributed by atoms with Crippen molar-refractivity contribution in [3.05, 3.63) is 35.9 Å². The summed E-state index contributed by atoms with van der Waals surface area (Å²) in [6, 6.07) is 9.82. The second kappa shape index (κ2) is 6.57. The van der Waals surface area contributed by atoms with E-state index in [4.69, 9.17) is 10.5 Å². The Hall–Kier alpha value is -1.55. The minimum Gasteiger partial charge on any atom is -0.444 e. The molecule has 19 heavy (non-hydrogen) atoms. The molecule has 1 rings (SSSR count). The summed E-state index contributed by atoms with van der Waals surface area (Å²) in [7, 11) is 1.73. The third-order valence-electron chi connectivity index (χ3n) is 2.71. The molecule has 0 aromatic heterocycles. The fourth-order valence-electron chi connectivity index (χ4n) is 1.63. The molecule has 0 radical (unpaired) electrons. The Morgan fingerprint density at radius 3 is 2.42 bits per heavy atom. The van der Waals surface area contributed by atoms with Crippen molar-refractivity contribution in [2.24, 2.45) is 5.73 Å². The van der Waals surface area contributed by atoms with Crippen molar-refractivity contribution in [3.63, 3.8) is 0 Å². The van der Waals surface area contributed by atoms with Gasteiger partial charge in [0.1, 0.15) is 5.60 Å². The van der Waals surface area contributed by atoms with Gasteiger partial charge in [-0.1, -0.05) is 30.3 Å². The zero-order valence-corrected chi connectivity index (χ0v) is 12.2. The molecular weight excluding hydrogens is 240 g/mol. The average molecular weight is 264 g/mol. The predicted octanol–water partition coefficient (Wildman–Crippen LogP) is 2.94. The van der Waals surface area contributed by atoms with E-state index < -0.39 is 5.60 Å². The number of nitrogens with two attached hydrogens (primary N) is 1. The van der Waals surface area contributed by atoms with Crippen molar-refractivity contribution in [1.82, 2.24) is 4.90 Å². The van der Waals surface area contributed by atoms with Gasteiger partial charge in [0.2, 0.25) is 0 Å². The second-order valence-electron chi connectivity index (χ2n) is 5.71. The van der Waals surface area contributed by atoms with E-state index in [-0.39, 0.29) is 12.1 Å². The lowest BCUT2D eigenvalue weighted by Gasteiger charge is -2.25. The third-order valence-corrected chi connectivity index (χ3v) is 2.71. The normalized spacial score (nSPS) is 12.9. The van der Waals surface area contributed by atoms with Crippen LogP contribution in [0.1, 0.15) is 38.8 Å². The van der Waals surface area contributed by atoms with Gasteiger partial charge in [-0.2, -0.15) is 0 Å². The van der Waals surface area contributed by atoms with E-state index in [9.17, 15) is 4.79 Å². The third kappa shape index (κ3) is 5.75. The van der Waals surface area contributed by atoms with Crippen molar-refractivity contribution in [3.8, 4) is 0 Å². The molecule has 106 valence electrons. The molecule has 0 saturated heterocycles. The smallest absolute Gasteiger partial charge is 0.410 e. The fraction of sp³-hybridized carbons (Fsp3) is 0.533. The zero-order valence-electron chi connectivity index (χ0n) is 12.2. The van der Waals surface area contributed by atoms with Gasteiger partial charge in [-0.3, -0.25) is 0 Å². The van der Waals surface area contributed by atoms with E-state index in [0.717, 1.165) is 5.56 Å². The van der Waals surface area contributed by atoms with E-state index in [0.29, 0.717) is 13.0 Å². The van der Waals surface area contributed by atoms with Crippen LogP contribution in [-0.4, -0.2) is 30.2 Å². The van der Waals surface area contributed by atoms with E-state index in [1.165, 1.54) is 0 Å². The van der Waals surface area contributed by atoms with Gasteiger partial charge in [-0.05, 0) is 32.8 Å². The van der Waals surface area contributed by atoms with Crippen LogP contribution in [0.15, 0.2) is 30.3 Å². The Labute approximate surface area is 115 Å². The van der Waals surface area contributed by atoms with E-state index in [2.05, 4.69) is 0 Å². The van der Waals surface area contributed by atoms with Crippen molar-refractivity contribution in [1.29, 1.82) is 0 Å². The first-order chi connectivity index (χ1) is 8.79. The Kier molecular flexibility index (Phi) is 5.36.